The van der Waals surface area contributed by atoms with Crippen LogP contribution in [0, 0.1) is 0 Å². The predicted molar refractivity (Wildman–Crippen MR) is 139 cm³/mol. The lowest BCUT2D eigenvalue weighted by Gasteiger charge is -2.41. The number of hydrogen-bond acceptors (Lipinski definition) is 4. The van der Waals surface area contributed by atoms with Crippen LogP contribution in [0.25, 0.3) is 22.3 Å². The van der Waals surface area contributed by atoms with Gasteiger partial charge in [0.05, 0.1) is 17.4 Å². The molecule has 2 aromatic heterocycles. The van der Waals surface area contributed by atoms with Gasteiger partial charge >= 0.3 is 0 Å². The molecule has 2 aliphatic heterocycles. The number of likely N-dealkylation sites (tertiary alicyclic amines) is 1. The molecule has 1 aromatic carbocycles. The van der Waals surface area contributed by atoms with Crippen LogP contribution in [0.4, 0.5) is 14.6 Å². The average molecular weight is 482 g/mol. The van der Waals surface area contributed by atoms with Crippen molar-refractivity contribution in [3.05, 3.63) is 48.5 Å². The Morgan fingerprint density at radius 2 is 1.71 bits per heavy atom. The van der Waals surface area contributed by atoms with Crippen LogP contribution >= 0.6 is 0 Å². The summed E-state index contributed by atoms with van der Waals surface area (Å²) in [6.07, 6.45) is 3.02. The number of pyridine rings is 1. The molecule has 0 saturated carbocycles. The number of nitrogens with zero attached hydrogens (tertiary/aromatic N) is 5. The summed E-state index contributed by atoms with van der Waals surface area (Å²) >= 11 is 0. The van der Waals surface area contributed by atoms with Crippen molar-refractivity contribution in [2.45, 2.75) is 51.1 Å². The van der Waals surface area contributed by atoms with E-state index < -0.39 is 12.0 Å². The fraction of sp³-hybridized carbons (Fsp3) is 0.536. The minimum Gasteiger partial charge on any atom is -0.355 e. The Labute approximate surface area is 207 Å². The van der Waals surface area contributed by atoms with Crippen LogP contribution in [0.15, 0.2) is 48.5 Å². The van der Waals surface area contributed by atoms with Crippen LogP contribution in [-0.2, 0) is 7.05 Å². The first kappa shape index (κ1) is 24.2. The highest BCUT2D eigenvalue weighted by molar-refractivity contribution is 5.86. The SMILES string of the molecule is C[C@H](N1CCC(N2CCCN(c3cccc(-c4cc5ccccc5n4C)n3)CC2)CC1)C(C)(F)F. The van der Waals surface area contributed by atoms with Crippen LogP contribution in [0.3, 0.4) is 0 Å². The number of rotatable bonds is 5. The molecule has 2 aliphatic rings. The van der Waals surface area contributed by atoms with E-state index in [4.69, 9.17) is 4.98 Å². The van der Waals surface area contributed by atoms with Crippen molar-refractivity contribution in [2.75, 3.05) is 44.2 Å². The summed E-state index contributed by atoms with van der Waals surface area (Å²) in [5.74, 6) is -1.62. The first-order valence-corrected chi connectivity index (χ1v) is 12.9. The van der Waals surface area contributed by atoms with Crippen LogP contribution in [0.1, 0.15) is 33.1 Å². The number of para-hydroxylation sites is 1. The van der Waals surface area contributed by atoms with Gasteiger partial charge in [0.2, 0.25) is 0 Å². The number of benzene rings is 1. The Morgan fingerprint density at radius 3 is 2.46 bits per heavy atom. The van der Waals surface area contributed by atoms with E-state index in [1.54, 1.807) is 6.92 Å². The van der Waals surface area contributed by atoms with Gasteiger partial charge in [0.15, 0.2) is 0 Å². The fourth-order valence-electron chi connectivity index (χ4n) is 5.77. The summed E-state index contributed by atoms with van der Waals surface area (Å²) in [5, 5.41) is 1.23. The first-order chi connectivity index (χ1) is 16.8. The third-order valence-corrected chi connectivity index (χ3v) is 8.10. The number of aryl methyl sites for hydroxylation is 1. The molecule has 7 heteroatoms. The van der Waals surface area contributed by atoms with E-state index in [2.05, 4.69) is 69.9 Å². The van der Waals surface area contributed by atoms with E-state index >= 15 is 0 Å². The number of anilines is 1. The predicted octanol–water partition coefficient (Wildman–Crippen LogP) is 5.26. The van der Waals surface area contributed by atoms with Crippen molar-refractivity contribution in [1.82, 2.24) is 19.4 Å². The van der Waals surface area contributed by atoms with Crippen molar-refractivity contribution in [3.63, 3.8) is 0 Å². The van der Waals surface area contributed by atoms with Crippen molar-refractivity contribution in [3.8, 4) is 11.4 Å². The molecule has 2 saturated heterocycles. The minimum atomic E-state index is -2.65. The Hall–Kier alpha value is -2.51. The smallest absolute Gasteiger partial charge is 0.260 e. The van der Waals surface area contributed by atoms with E-state index in [1.165, 1.54) is 10.9 Å². The fourth-order valence-corrected chi connectivity index (χ4v) is 5.77. The molecule has 4 heterocycles. The third-order valence-electron chi connectivity index (χ3n) is 8.10. The number of fused-ring (bicyclic) bond motifs is 1. The standard InChI is InChI=1S/C28H37F2N5/c1-21(28(2,29)30)33-16-12-23(13-17-33)34-14-7-15-35(19-18-34)27-11-6-9-24(31-27)26-20-22-8-4-5-10-25(22)32(26)3/h4-6,8-11,20-21,23H,7,12-19H2,1-3H3/t21-/m0/s1. The van der Waals surface area contributed by atoms with E-state index in [1.807, 2.05) is 4.90 Å². The van der Waals surface area contributed by atoms with Gasteiger partial charge in [0.1, 0.15) is 5.82 Å². The van der Waals surface area contributed by atoms with Gasteiger partial charge in [-0.3, -0.25) is 9.80 Å². The van der Waals surface area contributed by atoms with Crippen molar-refractivity contribution in [2.24, 2.45) is 7.05 Å². The van der Waals surface area contributed by atoms with E-state index in [0.717, 1.165) is 82.7 Å². The Kier molecular flexibility index (Phi) is 6.82. The molecule has 0 radical (unpaired) electrons. The number of alkyl halides is 2. The van der Waals surface area contributed by atoms with Crippen molar-refractivity contribution in [1.29, 1.82) is 0 Å². The topological polar surface area (TPSA) is 27.5 Å². The molecule has 0 spiro atoms. The molecule has 0 N–H and O–H groups in total. The molecule has 35 heavy (non-hydrogen) atoms. The lowest BCUT2D eigenvalue weighted by atomic mass is 10.00. The van der Waals surface area contributed by atoms with Crippen molar-refractivity contribution < 1.29 is 8.78 Å². The zero-order valence-electron chi connectivity index (χ0n) is 21.1. The maximum atomic E-state index is 13.8. The van der Waals surface area contributed by atoms with Gasteiger partial charge in [-0.2, -0.15) is 0 Å². The maximum Gasteiger partial charge on any atom is 0.260 e. The highest BCUT2D eigenvalue weighted by Crippen LogP contribution is 2.29. The highest BCUT2D eigenvalue weighted by Gasteiger charge is 2.37. The molecule has 188 valence electrons. The monoisotopic (exact) mass is 481 g/mol. The van der Waals surface area contributed by atoms with E-state index in [0.29, 0.717) is 6.04 Å². The second-order valence-corrected chi connectivity index (χ2v) is 10.3. The summed E-state index contributed by atoms with van der Waals surface area (Å²) in [6, 6.07) is 16.8. The quantitative estimate of drug-likeness (QED) is 0.497. The normalized spacial score (nSPS) is 20.3. The van der Waals surface area contributed by atoms with E-state index in [-0.39, 0.29) is 0 Å². The van der Waals surface area contributed by atoms with Crippen LogP contribution in [-0.4, -0.2) is 76.6 Å². The minimum absolute atomic E-state index is 0.485. The second kappa shape index (κ2) is 9.86. The lowest BCUT2D eigenvalue weighted by molar-refractivity contribution is -0.0692. The Morgan fingerprint density at radius 1 is 0.943 bits per heavy atom. The Balaban J connectivity index is 1.24. The first-order valence-electron chi connectivity index (χ1n) is 12.9. The van der Waals surface area contributed by atoms with Gasteiger partial charge in [-0.15, -0.1) is 0 Å². The molecule has 0 unspecified atom stereocenters. The zero-order chi connectivity index (χ0) is 24.6. The molecule has 5 nitrogen and oxygen atoms in total. The molecule has 3 aromatic rings. The summed E-state index contributed by atoms with van der Waals surface area (Å²) in [6.45, 7) is 8.18. The summed E-state index contributed by atoms with van der Waals surface area (Å²) in [5.41, 5.74) is 3.34. The second-order valence-electron chi connectivity index (χ2n) is 10.3. The van der Waals surface area contributed by atoms with Gasteiger partial charge in [0, 0.05) is 70.2 Å². The van der Waals surface area contributed by atoms with Gasteiger partial charge < -0.3 is 9.47 Å². The average Bonchev–Trinajstić information content (AvgIpc) is 3.03. The van der Waals surface area contributed by atoms with Crippen LogP contribution in [0.5, 0.6) is 0 Å². The van der Waals surface area contributed by atoms with Gasteiger partial charge in [-0.25, -0.2) is 13.8 Å². The molecule has 0 bridgehead atoms. The highest BCUT2D eigenvalue weighted by atomic mass is 19.3. The summed E-state index contributed by atoms with van der Waals surface area (Å²) in [4.78, 5) is 12.0. The third kappa shape index (κ3) is 5.07. The molecular formula is C28H37F2N5. The molecule has 0 amide bonds. The molecule has 5 rings (SSSR count). The summed E-state index contributed by atoms with van der Waals surface area (Å²) < 4.78 is 29.7. The summed E-state index contributed by atoms with van der Waals surface area (Å²) in [7, 11) is 2.10. The lowest BCUT2D eigenvalue weighted by Crippen LogP contribution is -2.52. The number of hydrogen-bond donors (Lipinski definition) is 0. The molecular weight excluding hydrogens is 444 g/mol. The molecule has 2 fully saturated rings. The van der Waals surface area contributed by atoms with E-state index in [9.17, 15) is 8.78 Å². The number of aromatic nitrogens is 2. The largest absolute Gasteiger partial charge is 0.355 e. The van der Waals surface area contributed by atoms with Crippen molar-refractivity contribution >= 4 is 16.7 Å². The van der Waals surface area contributed by atoms with Gasteiger partial charge in [-0.1, -0.05) is 24.3 Å². The van der Waals surface area contributed by atoms with Gasteiger partial charge in [0.25, 0.3) is 5.92 Å². The molecule has 1 atom stereocenters. The molecule has 0 aliphatic carbocycles. The van der Waals surface area contributed by atoms with Crippen LogP contribution < -0.4 is 4.90 Å². The van der Waals surface area contributed by atoms with Gasteiger partial charge in [-0.05, 0) is 50.5 Å². The van der Waals surface area contributed by atoms with Crippen LogP contribution in [0.2, 0.25) is 0 Å². The maximum absolute atomic E-state index is 13.8. The zero-order valence-corrected chi connectivity index (χ0v) is 21.1. The number of piperidine rings is 1. The Bertz CT molecular complexity index is 1150. The number of halogens is 2.